The van der Waals surface area contributed by atoms with Gasteiger partial charge < -0.3 is 19.9 Å². The molecule has 0 saturated carbocycles. The first-order valence-corrected chi connectivity index (χ1v) is 7.34. The third kappa shape index (κ3) is 3.67. The zero-order valence-electron chi connectivity index (χ0n) is 11.5. The molecule has 0 aliphatic carbocycles. The second-order valence-corrected chi connectivity index (χ2v) is 5.72. The van der Waals surface area contributed by atoms with Gasteiger partial charge in [-0.1, -0.05) is 13.3 Å². The number of aliphatic hydroxyl groups is 1. The van der Waals surface area contributed by atoms with Crippen molar-refractivity contribution >= 4 is 0 Å². The number of nitrogens with one attached hydrogen (secondary N) is 1. The fraction of sp³-hybridized carbons (Fsp3) is 1.00. The van der Waals surface area contributed by atoms with Gasteiger partial charge in [-0.2, -0.15) is 0 Å². The van der Waals surface area contributed by atoms with Gasteiger partial charge in [0.1, 0.15) is 0 Å². The Labute approximate surface area is 110 Å². The molecule has 3 unspecified atom stereocenters. The molecule has 2 heterocycles. The molecule has 2 aliphatic heterocycles. The van der Waals surface area contributed by atoms with E-state index in [9.17, 15) is 0 Å². The normalized spacial score (nSPS) is 34.0. The van der Waals surface area contributed by atoms with Gasteiger partial charge in [-0.3, -0.25) is 0 Å². The summed E-state index contributed by atoms with van der Waals surface area (Å²) in [5.74, 6) is 0.591. The molecule has 2 rings (SSSR count). The van der Waals surface area contributed by atoms with Crippen LogP contribution in [0.1, 0.15) is 39.0 Å². The van der Waals surface area contributed by atoms with Gasteiger partial charge in [0.05, 0.1) is 12.2 Å². The highest BCUT2D eigenvalue weighted by Crippen LogP contribution is 2.32. The predicted molar refractivity (Wildman–Crippen MR) is 70.6 cm³/mol. The Hall–Kier alpha value is -0.160. The van der Waals surface area contributed by atoms with E-state index in [0.717, 1.165) is 58.5 Å². The van der Waals surface area contributed by atoms with Gasteiger partial charge in [-0.05, 0) is 31.7 Å². The fourth-order valence-electron chi connectivity index (χ4n) is 3.03. The molecule has 0 aromatic rings. The molecule has 2 N–H and O–H groups in total. The van der Waals surface area contributed by atoms with E-state index in [0.29, 0.717) is 18.6 Å². The van der Waals surface area contributed by atoms with Crippen LogP contribution in [0, 0.1) is 5.92 Å². The monoisotopic (exact) mass is 257 g/mol. The molecule has 0 amide bonds. The van der Waals surface area contributed by atoms with Crippen molar-refractivity contribution in [2.24, 2.45) is 5.92 Å². The Kier molecular flexibility index (Phi) is 5.42. The molecule has 0 bridgehead atoms. The van der Waals surface area contributed by atoms with Crippen LogP contribution in [0.15, 0.2) is 0 Å². The van der Waals surface area contributed by atoms with E-state index in [1.54, 1.807) is 0 Å². The Bertz CT molecular complexity index is 241. The molecule has 106 valence electrons. The molecular weight excluding hydrogens is 230 g/mol. The summed E-state index contributed by atoms with van der Waals surface area (Å²) in [7, 11) is 0. The largest absolute Gasteiger partial charge is 0.396 e. The molecule has 4 heteroatoms. The van der Waals surface area contributed by atoms with Gasteiger partial charge in [-0.15, -0.1) is 0 Å². The zero-order chi connectivity index (χ0) is 12.8. The maximum Gasteiger partial charge on any atom is 0.0951 e. The first-order valence-electron chi connectivity index (χ1n) is 7.34. The summed E-state index contributed by atoms with van der Waals surface area (Å²) in [5, 5.41) is 12.7. The van der Waals surface area contributed by atoms with E-state index in [1.807, 2.05) is 0 Å². The van der Waals surface area contributed by atoms with Crippen molar-refractivity contribution in [2.45, 2.75) is 50.7 Å². The highest BCUT2D eigenvalue weighted by molar-refractivity contribution is 4.92. The van der Waals surface area contributed by atoms with Crippen LogP contribution in [0.2, 0.25) is 0 Å². The van der Waals surface area contributed by atoms with Crippen molar-refractivity contribution in [1.29, 1.82) is 0 Å². The van der Waals surface area contributed by atoms with Gasteiger partial charge in [0, 0.05) is 32.3 Å². The van der Waals surface area contributed by atoms with E-state index in [1.165, 1.54) is 0 Å². The molecule has 0 aromatic carbocycles. The molecule has 18 heavy (non-hydrogen) atoms. The molecule has 2 fully saturated rings. The molecule has 2 aliphatic rings. The van der Waals surface area contributed by atoms with Crippen molar-refractivity contribution in [3.8, 4) is 0 Å². The summed E-state index contributed by atoms with van der Waals surface area (Å²) in [4.78, 5) is 0. The number of hydrogen-bond acceptors (Lipinski definition) is 4. The third-order valence-corrected chi connectivity index (χ3v) is 4.37. The van der Waals surface area contributed by atoms with Crippen LogP contribution in [-0.4, -0.2) is 49.7 Å². The zero-order valence-corrected chi connectivity index (χ0v) is 11.5. The number of ether oxygens (including phenoxy) is 2. The third-order valence-electron chi connectivity index (χ3n) is 4.37. The molecule has 2 saturated heterocycles. The average Bonchev–Trinajstić information content (AvgIpc) is 2.82. The van der Waals surface area contributed by atoms with E-state index in [-0.39, 0.29) is 5.60 Å². The van der Waals surface area contributed by atoms with Gasteiger partial charge in [-0.25, -0.2) is 0 Å². The lowest BCUT2D eigenvalue weighted by atomic mass is 9.89. The Morgan fingerprint density at radius 1 is 1.44 bits per heavy atom. The minimum absolute atomic E-state index is 0.00535. The van der Waals surface area contributed by atoms with Crippen LogP contribution in [0.25, 0.3) is 0 Å². The summed E-state index contributed by atoms with van der Waals surface area (Å²) in [5.41, 5.74) is -0.00535. The number of hydrogen-bond donors (Lipinski definition) is 2. The second kappa shape index (κ2) is 6.85. The lowest BCUT2D eigenvalue weighted by Gasteiger charge is -2.38. The maximum absolute atomic E-state index is 9.01. The van der Waals surface area contributed by atoms with E-state index in [4.69, 9.17) is 14.6 Å². The molecule has 4 nitrogen and oxygen atoms in total. The smallest absolute Gasteiger partial charge is 0.0951 e. The van der Waals surface area contributed by atoms with Crippen molar-refractivity contribution in [3.63, 3.8) is 0 Å². The second-order valence-electron chi connectivity index (χ2n) is 5.72. The van der Waals surface area contributed by atoms with Crippen LogP contribution in [0.5, 0.6) is 0 Å². The van der Waals surface area contributed by atoms with Gasteiger partial charge in [0.25, 0.3) is 0 Å². The molecular formula is C14H27NO3. The van der Waals surface area contributed by atoms with Crippen molar-refractivity contribution in [3.05, 3.63) is 0 Å². The summed E-state index contributed by atoms with van der Waals surface area (Å²) in [6, 6.07) is 0.549. The highest BCUT2D eigenvalue weighted by atomic mass is 16.6. The first kappa shape index (κ1) is 14.3. The molecule has 1 spiro atoms. The summed E-state index contributed by atoms with van der Waals surface area (Å²) < 4.78 is 11.4. The van der Waals surface area contributed by atoms with Crippen LogP contribution in [0.3, 0.4) is 0 Å². The highest BCUT2D eigenvalue weighted by Gasteiger charge is 2.40. The van der Waals surface area contributed by atoms with Crippen molar-refractivity contribution < 1.29 is 14.6 Å². The number of aliphatic hydroxyl groups excluding tert-OH is 1. The minimum Gasteiger partial charge on any atom is -0.396 e. The van der Waals surface area contributed by atoms with E-state index in [2.05, 4.69) is 12.2 Å². The van der Waals surface area contributed by atoms with Gasteiger partial charge >= 0.3 is 0 Å². The van der Waals surface area contributed by atoms with E-state index < -0.39 is 0 Å². The van der Waals surface area contributed by atoms with Crippen LogP contribution < -0.4 is 5.32 Å². The summed E-state index contributed by atoms with van der Waals surface area (Å²) in [6.45, 7) is 5.95. The van der Waals surface area contributed by atoms with Gasteiger partial charge in [0.2, 0.25) is 0 Å². The topological polar surface area (TPSA) is 50.7 Å². The molecule has 0 aromatic heterocycles. The SMILES string of the molecule is CCC(CCO)CNC1CCOC2(CCOC2)C1. The quantitative estimate of drug-likeness (QED) is 0.753. The van der Waals surface area contributed by atoms with Gasteiger partial charge in [0.15, 0.2) is 0 Å². The van der Waals surface area contributed by atoms with Crippen LogP contribution >= 0.6 is 0 Å². The number of rotatable bonds is 6. The maximum atomic E-state index is 9.01. The van der Waals surface area contributed by atoms with Crippen molar-refractivity contribution in [1.82, 2.24) is 5.32 Å². The van der Waals surface area contributed by atoms with E-state index >= 15 is 0 Å². The molecule has 3 atom stereocenters. The standard InChI is InChI=1S/C14H27NO3/c1-2-12(3-6-16)10-15-13-4-7-18-14(9-13)5-8-17-11-14/h12-13,15-16H,2-11H2,1H3. The molecule has 0 radical (unpaired) electrons. The lowest BCUT2D eigenvalue weighted by molar-refractivity contribution is -0.0896. The Balaban J connectivity index is 1.75. The Morgan fingerprint density at radius 2 is 2.33 bits per heavy atom. The summed E-state index contributed by atoms with van der Waals surface area (Å²) >= 11 is 0. The minimum atomic E-state index is -0.00535. The van der Waals surface area contributed by atoms with Crippen LogP contribution in [0.4, 0.5) is 0 Å². The lowest BCUT2D eigenvalue weighted by Crippen LogP contribution is -2.48. The average molecular weight is 257 g/mol. The Morgan fingerprint density at radius 3 is 3.00 bits per heavy atom. The van der Waals surface area contributed by atoms with Crippen molar-refractivity contribution in [2.75, 3.05) is 33.0 Å². The predicted octanol–water partition coefficient (Wildman–Crippen LogP) is 1.32. The fourth-order valence-corrected chi connectivity index (χ4v) is 3.03. The summed E-state index contributed by atoms with van der Waals surface area (Å²) in [6.07, 6.45) is 5.24. The first-order chi connectivity index (χ1) is 8.78. The van der Waals surface area contributed by atoms with Crippen LogP contribution in [-0.2, 0) is 9.47 Å².